The van der Waals surface area contributed by atoms with Gasteiger partial charge < -0.3 is 15.4 Å². The number of benzene rings is 1. The number of nitrogens with one attached hydrogen (secondary N) is 2. The van der Waals surface area contributed by atoms with Gasteiger partial charge in [0.25, 0.3) is 5.91 Å². The van der Waals surface area contributed by atoms with E-state index >= 15 is 0 Å². The van der Waals surface area contributed by atoms with E-state index in [0.717, 1.165) is 30.8 Å². The molecular formula is C13H16N2O2. The van der Waals surface area contributed by atoms with Gasteiger partial charge in [-0.15, -0.1) is 0 Å². The van der Waals surface area contributed by atoms with Crippen LogP contribution in [-0.4, -0.2) is 19.6 Å². The van der Waals surface area contributed by atoms with Crippen molar-refractivity contribution >= 4 is 11.6 Å². The van der Waals surface area contributed by atoms with Crippen LogP contribution in [-0.2, 0) is 4.79 Å². The van der Waals surface area contributed by atoms with E-state index in [9.17, 15) is 4.79 Å². The monoisotopic (exact) mass is 232 g/mol. The molecule has 0 saturated carbocycles. The Kier molecular flexibility index (Phi) is 3.65. The number of methoxy groups -OCH3 is 1. The van der Waals surface area contributed by atoms with Crippen LogP contribution in [0.15, 0.2) is 36.0 Å². The van der Waals surface area contributed by atoms with Crippen molar-refractivity contribution in [1.29, 1.82) is 0 Å². The number of carbonyl (C=O) groups excluding carboxylic acids is 1. The minimum absolute atomic E-state index is 0.0432. The van der Waals surface area contributed by atoms with Crippen molar-refractivity contribution in [3.63, 3.8) is 0 Å². The molecule has 0 saturated heterocycles. The molecule has 1 heterocycles. The zero-order chi connectivity index (χ0) is 12.1. The van der Waals surface area contributed by atoms with Crippen molar-refractivity contribution in [3.05, 3.63) is 36.0 Å². The smallest absolute Gasteiger partial charge is 0.267 e. The Balaban J connectivity index is 2.08. The molecule has 0 radical (unpaired) electrons. The summed E-state index contributed by atoms with van der Waals surface area (Å²) >= 11 is 0. The Morgan fingerprint density at radius 3 is 2.76 bits per heavy atom. The lowest BCUT2D eigenvalue weighted by molar-refractivity contribution is -0.117. The predicted octanol–water partition coefficient (Wildman–Crippen LogP) is 1.90. The summed E-state index contributed by atoms with van der Waals surface area (Å²) in [6, 6.07) is 7.49. The van der Waals surface area contributed by atoms with E-state index in [1.165, 1.54) is 0 Å². The summed E-state index contributed by atoms with van der Waals surface area (Å²) in [5.74, 6) is 0.758. The largest absolute Gasteiger partial charge is 0.497 e. The maximum Gasteiger partial charge on any atom is 0.267 e. The van der Waals surface area contributed by atoms with Gasteiger partial charge in [0, 0.05) is 12.2 Å². The van der Waals surface area contributed by atoms with Crippen LogP contribution in [0.4, 0.5) is 5.69 Å². The predicted molar refractivity (Wildman–Crippen MR) is 66.9 cm³/mol. The summed E-state index contributed by atoms with van der Waals surface area (Å²) in [5, 5.41) is 5.96. The number of hydrogen-bond acceptors (Lipinski definition) is 3. The molecule has 0 spiro atoms. The van der Waals surface area contributed by atoms with E-state index in [4.69, 9.17) is 4.74 Å². The average Bonchev–Trinajstić information content (AvgIpc) is 2.56. The molecule has 1 aromatic carbocycles. The van der Waals surface area contributed by atoms with Gasteiger partial charge in [-0.05, 0) is 37.1 Å². The normalized spacial score (nSPS) is 15.6. The van der Waals surface area contributed by atoms with Gasteiger partial charge in [0.05, 0.1) is 7.11 Å². The van der Waals surface area contributed by atoms with E-state index < -0.39 is 0 Å². The number of hydrogen-bond donors (Lipinski definition) is 2. The first-order chi connectivity index (χ1) is 8.29. The second kappa shape index (κ2) is 5.39. The molecule has 0 atom stereocenters. The fourth-order valence-corrected chi connectivity index (χ4v) is 1.68. The first-order valence-corrected chi connectivity index (χ1v) is 5.69. The fourth-order valence-electron chi connectivity index (χ4n) is 1.68. The average molecular weight is 232 g/mol. The number of amides is 1. The van der Waals surface area contributed by atoms with Crippen LogP contribution < -0.4 is 15.4 Å². The number of ether oxygens (including phenoxy) is 1. The molecule has 0 aromatic heterocycles. The van der Waals surface area contributed by atoms with E-state index in [0.29, 0.717) is 5.70 Å². The summed E-state index contributed by atoms with van der Waals surface area (Å²) < 4.78 is 5.08. The Morgan fingerprint density at radius 1 is 1.29 bits per heavy atom. The van der Waals surface area contributed by atoms with E-state index in [1.807, 2.05) is 30.3 Å². The van der Waals surface area contributed by atoms with Crippen LogP contribution in [0.1, 0.15) is 12.8 Å². The quantitative estimate of drug-likeness (QED) is 0.836. The Hall–Kier alpha value is -1.97. The molecular weight excluding hydrogens is 216 g/mol. The molecule has 0 unspecified atom stereocenters. The van der Waals surface area contributed by atoms with Crippen LogP contribution in [0.2, 0.25) is 0 Å². The van der Waals surface area contributed by atoms with Crippen LogP contribution in [0, 0.1) is 0 Å². The molecule has 1 aliphatic heterocycles. The van der Waals surface area contributed by atoms with Crippen molar-refractivity contribution in [2.75, 3.05) is 19.0 Å². The van der Waals surface area contributed by atoms with Crippen LogP contribution in [0.25, 0.3) is 0 Å². The van der Waals surface area contributed by atoms with Crippen molar-refractivity contribution in [3.8, 4) is 5.75 Å². The first kappa shape index (κ1) is 11.5. The lowest BCUT2D eigenvalue weighted by Gasteiger charge is -2.09. The van der Waals surface area contributed by atoms with Crippen molar-refractivity contribution in [2.45, 2.75) is 12.8 Å². The van der Waals surface area contributed by atoms with E-state index in [2.05, 4.69) is 10.6 Å². The molecule has 4 nitrogen and oxygen atoms in total. The highest BCUT2D eigenvalue weighted by Crippen LogP contribution is 2.17. The maximum absolute atomic E-state index is 11.7. The molecule has 17 heavy (non-hydrogen) atoms. The number of allylic oxidation sites excluding steroid dienone is 1. The topological polar surface area (TPSA) is 50.4 Å². The molecule has 0 fully saturated rings. The number of anilines is 1. The molecule has 90 valence electrons. The van der Waals surface area contributed by atoms with Gasteiger partial charge in [0.1, 0.15) is 11.4 Å². The van der Waals surface area contributed by atoms with Crippen molar-refractivity contribution in [1.82, 2.24) is 5.32 Å². The zero-order valence-electron chi connectivity index (χ0n) is 9.82. The summed E-state index contributed by atoms with van der Waals surface area (Å²) in [6.07, 6.45) is 3.84. The number of carbonyl (C=O) groups is 1. The van der Waals surface area contributed by atoms with Crippen molar-refractivity contribution < 1.29 is 9.53 Å². The molecule has 2 N–H and O–H groups in total. The number of rotatable bonds is 3. The van der Waals surface area contributed by atoms with E-state index in [1.54, 1.807) is 7.11 Å². The fraction of sp³-hybridized carbons (Fsp3) is 0.308. The zero-order valence-corrected chi connectivity index (χ0v) is 9.82. The van der Waals surface area contributed by atoms with Crippen molar-refractivity contribution in [2.24, 2.45) is 0 Å². The minimum Gasteiger partial charge on any atom is -0.497 e. The summed E-state index contributed by atoms with van der Waals surface area (Å²) in [5.41, 5.74) is 1.50. The Labute approximate surface area is 101 Å². The van der Waals surface area contributed by atoms with Gasteiger partial charge in [-0.3, -0.25) is 4.79 Å². The molecule has 2 rings (SSSR count). The molecule has 4 heteroatoms. The standard InChI is InChI=1S/C13H16N2O2/c1-17-11-7-5-10(6-8-11)15-12-4-2-3-9-14-13(12)16/h4-8,15H,2-3,9H2,1H3,(H,14,16). The van der Waals surface area contributed by atoms with Gasteiger partial charge in [-0.25, -0.2) is 0 Å². The van der Waals surface area contributed by atoms with Crippen LogP contribution >= 0.6 is 0 Å². The molecule has 1 amide bonds. The minimum atomic E-state index is -0.0432. The molecule has 1 aliphatic rings. The highest BCUT2D eigenvalue weighted by molar-refractivity contribution is 5.96. The second-order valence-electron chi connectivity index (χ2n) is 3.87. The molecule has 0 bridgehead atoms. The van der Waals surface area contributed by atoms with Crippen LogP contribution in [0.5, 0.6) is 5.75 Å². The van der Waals surface area contributed by atoms with E-state index in [-0.39, 0.29) is 5.91 Å². The lowest BCUT2D eigenvalue weighted by atomic mass is 10.2. The highest BCUT2D eigenvalue weighted by Gasteiger charge is 2.11. The maximum atomic E-state index is 11.7. The molecule has 1 aromatic rings. The van der Waals surface area contributed by atoms with Gasteiger partial charge in [-0.1, -0.05) is 6.08 Å². The Bertz CT molecular complexity index is 424. The van der Waals surface area contributed by atoms with Gasteiger partial charge in [0.15, 0.2) is 0 Å². The lowest BCUT2D eigenvalue weighted by Crippen LogP contribution is -2.27. The third-order valence-electron chi connectivity index (χ3n) is 2.63. The third-order valence-corrected chi connectivity index (χ3v) is 2.63. The second-order valence-corrected chi connectivity index (χ2v) is 3.87. The van der Waals surface area contributed by atoms with Gasteiger partial charge in [-0.2, -0.15) is 0 Å². The molecule has 0 aliphatic carbocycles. The summed E-state index contributed by atoms with van der Waals surface area (Å²) in [6.45, 7) is 0.739. The summed E-state index contributed by atoms with van der Waals surface area (Å²) in [7, 11) is 1.63. The summed E-state index contributed by atoms with van der Waals surface area (Å²) in [4.78, 5) is 11.7. The SMILES string of the molecule is COc1ccc(NC2=CCCCNC2=O)cc1. The van der Waals surface area contributed by atoms with Gasteiger partial charge >= 0.3 is 0 Å². The Morgan fingerprint density at radius 2 is 2.06 bits per heavy atom. The van der Waals surface area contributed by atoms with Crippen LogP contribution in [0.3, 0.4) is 0 Å². The first-order valence-electron chi connectivity index (χ1n) is 5.69. The third kappa shape index (κ3) is 3.00. The van der Waals surface area contributed by atoms with Gasteiger partial charge in [0.2, 0.25) is 0 Å². The highest BCUT2D eigenvalue weighted by atomic mass is 16.5.